The number of benzene rings is 2. The zero-order valence-electron chi connectivity index (χ0n) is 15.3. The Morgan fingerprint density at radius 1 is 0.963 bits per heavy atom. The molecule has 0 fully saturated rings. The van der Waals surface area contributed by atoms with Gasteiger partial charge in [-0.15, -0.1) is 0 Å². The molecule has 140 valence electrons. The van der Waals surface area contributed by atoms with E-state index >= 15 is 0 Å². The van der Waals surface area contributed by atoms with Crippen molar-refractivity contribution in [1.82, 2.24) is 5.32 Å². The minimum absolute atomic E-state index is 0.0573. The van der Waals surface area contributed by atoms with Crippen molar-refractivity contribution >= 4 is 5.91 Å². The smallest absolute Gasteiger partial charge is 0.255 e. The van der Waals surface area contributed by atoms with Crippen molar-refractivity contribution < 1.29 is 18.7 Å². The maximum Gasteiger partial charge on any atom is 0.255 e. The summed E-state index contributed by atoms with van der Waals surface area (Å²) in [5, 5.41) is 2.98. The molecule has 1 unspecified atom stereocenters. The van der Waals surface area contributed by atoms with Crippen molar-refractivity contribution in [2.45, 2.75) is 19.4 Å². The van der Waals surface area contributed by atoms with Gasteiger partial charge in [0, 0.05) is 12.5 Å². The third kappa shape index (κ3) is 5.64. The predicted octanol–water partition coefficient (Wildman–Crippen LogP) is 4.10. The van der Waals surface area contributed by atoms with Crippen LogP contribution in [0.4, 0.5) is 0 Å². The highest BCUT2D eigenvalue weighted by Crippen LogP contribution is 2.18. The van der Waals surface area contributed by atoms with Crippen LogP contribution in [-0.2, 0) is 6.42 Å². The van der Waals surface area contributed by atoms with Gasteiger partial charge in [-0.05, 0) is 43.3 Å². The molecule has 1 amide bonds. The van der Waals surface area contributed by atoms with E-state index in [9.17, 15) is 4.79 Å². The highest BCUT2D eigenvalue weighted by Gasteiger charge is 2.15. The lowest BCUT2D eigenvalue weighted by Crippen LogP contribution is -2.34. The molecule has 0 aliphatic carbocycles. The monoisotopic (exact) mass is 365 g/mol. The van der Waals surface area contributed by atoms with E-state index in [0.717, 1.165) is 11.5 Å². The fourth-order valence-corrected chi connectivity index (χ4v) is 2.69. The van der Waals surface area contributed by atoms with Gasteiger partial charge in [-0.2, -0.15) is 0 Å². The van der Waals surface area contributed by atoms with Crippen molar-refractivity contribution in [3.05, 3.63) is 84.3 Å². The molecule has 1 N–H and O–H groups in total. The van der Waals surface area contributed by atoms with Gasteiger partial charge in [-0.1, -0.05) is 30.3 Å². The van der Waals surface area contributed by atoms with Gasteiger partial charge in [-0.3, -0.25) is 4.79 Å². The lowest BCUT2D eigenvalue weighted by atomic mass is 10.1. The van der Waals surface area contributed by atoms with E-state index in [1.165, 1.54) is 0 Å². The highest BCUT2D eigenvalue weighted by atomic mass is 16.5. The molecule has 1 aromatic heterocycles. The van der Waals surface area contributed by atoms with Crippen molar-refractivity contribution in [1.29, 1.82) is 0 Å². The Morgan fingerprint density at radius 2 is 1.70 bits per heavy atom. The number of amides is 1. The lowest BCUT2D eigenvalue weighted by molar-refractivity contribution is 0.0934. The van der Waals surface area contributed by atoms with Gasteiger partial charge in [0.05, 0.1) is 11.8 Å². The molecule has 5 heteroatoms. The van der Waals surface area contributed by atoms with Crippen LogP contribution in [0.5, 0.6) is 11.5 Å². The number of ether oxygens (including phenoxy) is 2. The second-order valence-corrected chi connectivity index (χ2v) is 6.16. The molecule has 0 aliphatic rings. The summed E-state index contributed by atoms with van der Waals surface area (Å²) in [6, 6.07) is 20.4. The molecule has 0 radical (unpaired) electrons. The molecule has 0 saturated carbocycles. The van der Waals surface area contributed by atoms with Gasteiger partial charge in [0.2, 0.25) is 0 Å². The SMILES string of the molecule is CC(Cc1ccco1)NC(=O)c1ccccc1OCCOc1ccccc1. The van der Waals surface area contributed by atoms with Crippen molar-refractivity contribution in [2.75, 3.05) is 13.2 Å². The molecule has 1 atom stereocenters. The minimum atomic E-state index is -0.173. The number of rotatable bonds is 9. The lowest BCUT2D eigenvalue weighted by Gasteiger charge is -2.15. The Hall–Kier alpha value is -3.21. The van der Waals surface area contributed by atoms with Crippen LogP contribution < -0.4 is 14.8 Å². The van der Waals surface area contributed by atoms with Crippen LogP contribution in [-0.4, -0.2) is 25.2 Å². The second kappa shape index (κ2) is 9.48. The first-order chi connectivity index (χ1) is 13.2. The van der Waals surface area contributed by atoms with Gasteiger partial charge in [0.25, 0.3) is 5.91 Å². The van der Waals surface area contributed by atoms with Gasteiger partial charge in [0.15, 0.2) is 0 Å². The van der Waals surface area contributed by atoms with Crippen LogP contribution in [0.3, 0.4) is 0 Å². The maximum atomic E-state index is 12.6. The molecule has 5 nitrogen and oxygen atoms in total. The summed E-state index contributed by atoms with van der Waals surface area (Å²) in [5.41, 5.74) is 0.503. The van der Waals surface area contributed by atoms with Crippen LogP contribution >= 0.6 is 0 Å². The quantitative estimate of drug-likeness (QED) is 0.580. The van der Waals surface area contributed by atoms with E-state index in [1.54, 1.807) is 18.4 Å². The van der Waals surface area contributed by atoms with Gasteiger partial charge in [0.1, 0.15) is 30.5 Å². The summed E-state index contributed by atoms with van der Waals surface area (Å²) in [6.07, 6.45) is 2.26. The minimum Gasteiger partial charge on any atom is -0.490 e. The Bertz CT molecular complexity index is 831. The predicted molar refractivity (Wildman–Crippen MR) is 103 cm³/mol. The number of carbonyl (C=O) groups excluding carboxylic acids is 1. The third-order valence-corrected chi connectivity index (χ3v) is 3.95. The maximum absolute atomic E-state index is 12.6. The second-order valence-electron chi connectivity index (χ2n) is 6.16. The average Bonchev–Trinajstić information content (AvgIpc) is 3.19. The van der Waals surface area contributed by atoms with Gasteiger partial charge < -0.3 is 19.2 Å². The number of nitrogens with one attached hydrogen (secondary N) is 1. The van der Waals surface area contributed by atoms with Crippen molar-refractivity contribution in [3.8, 4) is 11.5 Å². The molecule has 1 heterocycles. The zero-order valence-corrected chi connectivity index (χ0v) is 15.3. The molecule has 0 spiro atoms. The van der Waals surface area contributed by atoms with Crippen molar-refractivity contribution in [2.24, 2.45) is 0 Å². The van der Waals surface area contributed by atoms with Crippen LogP contribution in [0.15, 0.2) is 77.4 Å². The number of para-hydroxylation sites is 2. The highest BCUT2D eigenvalue weighted by molar-refractivity contribution is 5.97. The Labute approximate surface area is 158 Å². The Morgan fingerprint density at radius 3 is 2.48 bits per heavy atom. The van der Waals surface area contributed by atoms with E-state index < -0.39 is 0 Å². The molecule has 0 saturated heterocycles. The first-order valence-electron chi connectivity index (χ1n) is 8.95. The molecule has 27 heavy (non-hydrogen) atoms. The molecular weight excluding hydrogens is 342 g/mol. The fourth-order valence-electron chi connectivity index (χ4n) is 2.69. The largest absolute Gasteiger partial charge is 0.490 e. The summed E-state index contributed by atoms with van der Waals surface area (Å²) in [4.78, 5) is 12.6. The standard InChI is InChI=1S/C22H23NO4/c1-17(16-19-10-7-13-25-19)23-22(24)20-11-5-6-12-21(20)27-15-14-26-18-8-3-2-4-9-18/h2-13,17H,14-16H2,1H3,(H,23,24). The Kier molecular flexibility index (Phi) is 6.52. The number of hydrogen-bond acceptors (Lipinski definition) is 4. The topological polar surface area (TPSA) is 60.7 Å². The first-order valence-corrected chi connectivity index (χ1v) is 8.95. The van der Waals surface area contributed by atoms with E-state index in [4.69, 9.17) is 13.9 Å². The summed E-state index contributed by atoms with van der Waals surface area (Å²) < 4.78 is 16.7. The average molecular weight is 365 g/mol. The van der Waals surface area contributed by atoms with Crippen molar-refractivity contribution in [3.63, 3.8) is 0 Å². The molecule has 2 aromatic carbocycles. The van der Waals surface area contributed by atoms with E-state index in [2.05, 4.69) is 5.32 Å². The number of hydrogen-bond donors (Lipinski definition) is 1. The summed E-state index contributed by atoms with van der Waals surface area (Å²) >= 11 is 0. The molecule has 3 aromatic rings. The summed E-state index contributed by atoms with van der Waals surface area (Å²) in [5.74, 6) is 2.00. The van der Waals surface area contributed by atoms with E-state index in [-0.39, 0.29) is 11.9 Å². The van der Waals surface area contributed by atoms with Gasteiger partial charge >= 0.3 is 0 Å². The van der Waals surface area contributed by atoms with Crippen LogP contribution in [0.1, 0.15) is 23.0 Å². The first kappa shape index (κ1) is 18.6. The zero-order chi connectivity index (χ0) is 18.9. The van der Waals surface area contributed by atoms with Crippen LogP contribution in [0.25, 0.3) is 0 Å². The third-order valence-electron chi connectivity index (χ3n) is 3.95. The van der Waals surface area contributed by atoms with E-state index in [1.807, 2.05) is 61.5 Å². The Balaban J connectivity index is 1.52. The van der Waals surface area contributed by atoms with Gasteiger partial charge in [-0.25, -0.2) is 0 Å². The van der Waals surface area contributed by atoms with Crippen LogP contribution in [0, 0.1) is 0 Å². The fraction of sp³-hybridized carbons (Fsp3) is 0.227. The van der Waals surface area contributed by atoms with Crippen LogP contribution in [0.2, 0.25) is 0 Å². The number of carbonyl (C=O) groups is 1. The normalized spacial score (nSPS) is 11.6. The molecule has 0 aliphatic heterocycles. The summed E-state index contributed by atoms with van der Waals surface area (Å²) in [7, 11) is 0. The number of furan rings is 1. The van der Waals surface area contributed by atoms with E-state index in [0.29, 0.717) is 30.9 Å². The molecule has 0 bridgehead atoms. The summed E-state index contributed by atoms with van der Waals surface area (Å²) in [6.45, 7) is 2.69. The molecule has 3 rings (SSSR count). The molecular formula is C22H23NO4.